The molecule has 0 unspecified atom stereocenters. The number of nitrogens with one attached hydrogen (secondary N) is 1. The number of carbonyl (C=O) groups excluding carboxylic acids is 1. The molecular formula is C28H29N9O. The normalized spacial score (nSPS) is 17.5. The van der Waals surface area contributed by atoms with Crippen LogP contribution in [-0.2, 0) is 25.0 Å². The SMILES string of the molecule is Cc1cc(C(=O)NC2(c3cccnc3)CC2)nnc1N1CCc2ncc(N3CCCn4nccc43)cc2C1. The minimum absolute atomic E-state index is 0.202. The fourth-order valence-corrected chi connectivity index (χ4v) is 5.66. The Morgan fingerprint density at radius 3 is 2.79 bits per heavy atom. The first-order chi connectivity index (χ1) is 18.6. The van der Waals surface area contributed by atoms with Crippen LogP contribution in [0.1, 0.15) is 52.1 Å². The van der Waals surface area contributed by atoms with Gasteiger partial charge < -0.3 is 15.1 Å². The quantitative estimate of drug-likeness (QED) is 0.439. The van der Waals surface area contributed by atoms with Crippen molar-refractivity contribution in [3.05, 3.63) is 83.2 Å². The second kappa shape index (κ2) is 8.90. The highest BCUT2D eigenvalue weighted by Gasteiger charge is 2.46. The third-order valence-corrected chi connectivity index (χ3v) is 7.87. The van der Waals surface area contributed by atoms with Gasteiger partial charge in [-0.2, -0.15) is 5.10 Å². The van der Waals surface area contributed by atoms with E-state index in [-0.39, 0.29) is 11.4 Å². The number of aryl methyl sites for hydroxylation is 2. The first-order valence-corrected chi connectivity index (χ1v) is 13.2. The summed E-state index contributed by atoms with van der Waals surface area (Å²) in [6.45, 7) is 5.40. The molecule has 10 nitrogen and oxygen atoms in total. The van der Waals surface area contributed by atoms with E-state index in [0.29, 0.717) is 12.2 Å². The predicted octanol–water partition coefficient (Wildman–Crippen LogP) is 3.30. The average Bonchev–Trinajstić information content (AvgIpc) is 3.57. The lowest BCUT2D eigenvalue weighted by molar-refractivity contribution is 0.0924. The number of anilines is 3. The minimum atomic E-state index is -0.340. The Bertz CT molecular complexity index is 1510. The van der Waals surface area contributed by atoms with Crippen molar-refractivity contribution in [1.82, 2.24) is 35.3 Å². The molecule has 0 radical (unpaired) electrons. The van der Waals surface area contributed by atoms with E-state index >= 15 is 0 Å². The zero-order valence-electron chi connectivity index (χ0n) is 21.3. The largest absolute Gasteiger partial charge is 0.350 e. The number of aromatic nitrogens is 6. The molecule has 1 fully saturated rings. The molecule has 0 atom stereocenters. The molecule has 1 amide bonds. The fourth-order valence-electron chi connectivity index (χ4n) is 5.66. The zero-order valence-corrected chi connectivity index (χ0v) is 21.3. The highest BCUT2D eigenvalue weighted by atomic mass is 16.2. The van der Waals surface area contributed by atoms with E-state index in [9.17, 15) is 4.79 Å². The van der Waals surface area contributed by atoms with Gasteiger partial charge in [0.05, 0.1) is 23.6 Å². The second-order valence-electron chi connectivity index (χ2n) is 10.4. The van der Waals surface area contributed by atoms with E-state index in [4.69, 9.17) is 4.98 Å². The van der Waals surface area contributed by atoms with Crippen molar-refractivity contribution in [3.63, 3.8) is 0 Å². The van der Waals surface area contributed by atoms with Gasteiger partial charge in [-0.15, -0.1) is 10.2 Å². The van der Waals surface area contributed by atoms with Crippen LogP contribution in [0.25, 0.3) is 0 Å². The van der Waals surface area contributed by atoms with Crippen LogP contribution in [0.2, 0.25) is 0 Å². The van der Waals surface area contributed by atoms with Crippen molar-refractivity contribution in [2.75, 3.05) is 22.9 Å². The minimum Gasteiger partial charge on any atom is -0.350 e. The Morgan fingerprint density at radius 2 is 1.97 bits per heavy atom. The number of carbonyl (C=O) groups is 1. The third-order valence-electron chi connectivity index (χ3n) is 7.87. The highest BCUT2D eigenvalue weighted by molar-refractivity contribution is 5.93. The van der Waals surface area contributed by atoms with E-state index in [1.54, 1.807) is 6.20 Å². The molecule has 10 heteroatoms. The molecule has 0 spiro atoms. The highest BCUT2D eigenvalue weighted by Crippen LogP contribution is 2.45. The third kappa shape index (κ3) is 3.96. The average molecular weight is 508 g/mol. The molecule has 4 aromatic rings. The van der Waals surface area contributed by atoms with E-state index in [1.807, 2.05) is 48.4 Å². The van der Waals surface area contributed by atoms with Gasteiger partial charge in [-0.3, -0.25) is 14.8 Å². The van der Waals surface area contributed by atoms with Gasteiger partial charge in [0.2, 0.25) is 0 Å². The molecule has 4 aromatic heterocycles. The van der Waals surface area contributed by atoms with Crippen molar-refractivity contribution in [3.8, 4) is 0 Å². The van der Waals surface area contributed by atoms with Gasteiger partial charge in [0.25, 0.3) is 5.91 Å². The zero-order chi connectivity index (χ0) is 25.7. The Hall–Kier alpha value is -4.34. The Balaban J connectivity index is 1.09. The fraction of sp³-hybridized carbons (Fsp3) is 0.357. The molecule has 1 N–H and O–H groups in total. The lowest BCUT2D eigenvalue weighted by atomic mass is 10.0. The van der Waals surface area contributed by atoms with Crippen LogP contribution in [0.3, 0.4) is 0 Å². The lowest BCUT2D eigenvalue weighted by Crippen LogP contribution is -2.36. The molecule has 192 valence electrons. The molecule has 6 heterocycles. The van der Waals surface area contributed by atoms with Gasteiger partial charge in [0.15, 0.2) is 11.5 Å². The van der Waals surface area contributed by atoms with Crippen LogP contribution >= 0.6 is 0 Å². The summed E-state index contributed by atoms with van der Waals surface area (Å²) in [5, 5.41) is 16.5. The van der Waals surface area contributed by atoms with Crippen molar-refractivity contribution in [1.29, 1.82) is 0 Å². The van der Waals surface area contributed by atoms with Crippen molar-refractivity contribution < 1.29 is 4.79 Å². The second-order valence-corrected chi connectivity index (χ2v) is 10.4. The standard InChI is InChI=1S/C28H29N9O/c1-19-14-24(27(38)32-28(7-8-28)21-4-2-9-29-16-21)33-34-26(19)35-13-6-23-20(18-35)15-22(17-30-23)36-11-3-12-37-25(36)5-10-31-37/h2,4-5,9-10,14-17H,3,6-8,11-13,18H2,1H3,(H,32,38). The van der Waals surface area contributed by atoms with Crippen LogP contribution in [-0.4, -0.2) is 48.9 Å². The number of rotatable bonds is 5. The molecule has 1 saturated carbocycles. The summed E-state index contributed by atoms with van der Waals surface area (Å²) in [4.78, 5) is 26.6. The van der Waals surface area contributed by atoms with Crippen molar-refractivity contribution >= 4 is 23.2 Å². The van der Waals surface area contributed by atoms with Crippen LogP contribution in [0.5, 0.6) is 0 Å². The summed E-state index contributed by atoms with van der Waals surface area (Å²) in [5.41, 5.74) is 5.37. The Labute approximate surface area is 220 Å². The van der Waals surface area contributed by atoms with Crippen LogP contribution in [0, 0.1) is 6.92 Å². The monoisotopic (exact) mass is 507 g/mol. The number of fused-ring (bicyclic) bond motifs is 2. The molecule has 2 aliphatic heterocycles. The number of hydrogen-bond acceptors (Lipinski definition) is 8. The van der Waals surface area contributed by atoms with Gasteiger partial charge in [0, 0.05) is 56.8 Å². The summed E-state index contributed by atoms with van der Waals surface area (Å²) in [6.07, 6.45) is 11.1. The van der Waals surface area contributed by atoms with E-state index in [0.717, 1.165) is 79.5 Å². The topological polar surface area (TPSA) is 105 Å². The van der Waals surface area contributed by atoms with Crippen molar-refractivity contribution in [2.45, 2.75) is 51.2 Å². The first-order valence-electron chi connectivity index (χ1n) is 13.2. The number of pyridine rings is 2. The molecule has 3 aliphatic rings. The smallest absolute Gasteiger partial charge is 0.272 e. The van der Waals surface area contributed by atoms with Crippen molar-refractivity contribution in [2.24, 2.45) is 0 Å². The molecular weight excluding hydrogens is 478 g/mol. The lowest BCUT2D eigenvalue weighted by Gasteiger charge is -2.33. The maximum atomic E-state index is 13.1. The molecule has 7 rings (SSSR count). The maximum absolute atomic E-state index is 13.1. The molecule has 0 bridgehead atoms. The maximum Gasteiger partial charge on any atom is 0.272 e. The molecule has 0 saturated heterocycles. The van der Waals surface area contributed by atoms with Gasteiger partial charge in [-0.1, -0.05) is 6.07 Å². The molecule has 0 aromatic carbocycles. The molecule has 1 aliphatic carbocycles. The van der Waals surface area contributed by atoms with E-state index in [1.165, 1.54) is 5.56 Å². The summed E-state index contributed by atoms with van der Waals surface area (Å²) >= 11 is 0. The van der Waals surface area contributed by atoms with Gasteiger partial charge in [-0.05, 0) is 61.1 Å². The summed E-state index contributed by atoms with van der Waals surface area (Å²) in [6, 6.07) is 10.1. The summed E-state index contributed by atoms with van der Waals surface area (Å²) in [5.74, 6) is 1.71. The Kier molecular flexibility index (Phi) is 5.34. The van der Waals surface area contributed by atoms with Gasteiger partial charge in [-0.25, -0.2) is 4.68 Å². The number of amides is 1. The first kappa shape index (κ1) is 22.8. The number of hydrogen-bond donors (Lipinski definition) is 1. The van der Waals surface area contributed by atoms with E-state index in [2.05, 4.69) is 47.5 Å². The predicted molar refractivity (Wildman–Crippen MR) is 142 cm³/mol. The molecule has 38 heavy (non-hydrogen) atoms. The van der Waals surface area contributed by atoms with Crippen LogP contribution in [0.15, 0.2) is 55.1 Å². The Morgan fingerprint density at radius 1 is 1.05 bits per heavy atom. The van der Waals surface area contributed by atoms with Gasteiger partial charge in [0.1, 0.15) is 5.82 Å². The van der Waals surface area contributed by atoms with E-state index < -0.39 is 0 Å². The van der Waals surface area contributed by atoms with Crippen LogP contribution in [0.4, 0.5) is 17.3 Å². The summed E-state index contributed by atoms with van der Waals surface area (Å²) in [7, 11) is 0. The van der Waals surface area contributed by atoms with Crippen LogP contribution < -0.4 is 15.1 Å². The van der Waals surface area contributed by atoms with Gasteiger partial charge >= 0.3 is 0 Å². The number of nitrogens with zero attached hydrogens (tertiary/aromatic N) is 8. The summed E-state index contributed by atoms with van der Waals surface area (Å²) < 4.78 is 2.05.